The highest BCUT2D eigenvalue weighted by Gasteiger charge is 2.08. The van der Waals surface area contributed by atoms with Crippen LogP contribution in [0.4, 0.5) is 0 Å². The van der Waals surface area contributed by atoms with Crippen molar-refractivity contribution in [2.24, 2.45) is 0 Å². The van der Waals surface area contributed by atoms with Gasteiger partial charge in [0, 0.05) is 10.9 Å². The number of methoxy groups -OCH3 is 1. The van der Waals surface area contributed by atoms with E-state index in [4.69, 9.17) is 10.00 Å². The van der Waals surface area contributed by atoms with Crippen LogP contribution in [0, 0.1) is 11.3 Å². The minimum absolute atomic E-state index is 0.368. The summed E-state index contributed by atoms with van der Waals surface area (Å²) in [6.07, 6.45) is 1.29. The van der Waals surface area contributed by atoms with Crippen molar-refractivity contribution in [3.63, 3.8) is 0 Å². The third kappa shape index (κ3) is 2.52. The molecule has 92 valence electrons. The van der Waals surface area contributed by atoms with Gasteiger partial charge in [-0.3, -0.25) is 0 Å². The highest BCUT2D eigenvalue weighted by Crippen LogP contribution is 2.29. The molecular formula is C14H14N2OS. The Labute approximate surface area is 111 Å². The number of thiazole rings is 1. The number of benzene rings is 1. The molecule has 0 atom stereocenters. The molecule has 4 heteroatoms. The second kappa shape index (κ2) is 5.65. The molecule has 0 radical (unpaired) electrons. The predicted molar refractivity (Wildman–Crippen MR) is 72.8 cm³/mol. The van der Waals surface area contributed by atoms with Gasteiger partial charge in [0.1, 0.15) is 10.8 Å². The number of hydrogen-bond donors (Lipinski definition) is 0. The molecule has 0 aliphatic carbocycles. The lowest BCUT2D eigenvalue weighted by molar-refractivity contribution is 0.410. The molecule has 1 aromatic carbocycles. The second-order valence-corrected chi connectivity index (χ2v) is 4.72. The molecule has 0 aliphatic heterocycles. The number of aromatic nitrogens is 1. The van der Waals surface area contributed by atoms with Crippen LogP contribution >= 0.6 is 11.3 Å². The summed E-state index contributed by atoms with van der Waals surface area (Å²) in [5.74, 6) is 0.912. The smallest absolute Gasteiger partial charge is 0.123 e. The van der Waals surface area contributed by atoms with Crippen molar-refractivity contribution < 1.29 is 4.74 Å². The molecule has 0 bridgehead atoms. The summed E-state index contributed by atoms with van der Waals surface area (Å²) in [5.41, 5.74) is 3.10. The Balaban J connectivity index is 2.35. The van der Waals surface area contributed by atoms with E-state index >= 15 is 0 Å². The molecule has 0 unspecified atom stereocenters. The molecule has 18 heavy (non-hydrogen) atoms. The predicted octanol–water partition coefficient (Wildman–Crippen LogP) is 3.45. The van der Waals surface area contributed by atoms with Gasteiger partial charge in [-0.2, -0.15) is 5.26 Å². The van der Waals surface area contributed by atoms with E-state index in [9.17, 15) is 0 Å². The fourth-order valence-electron chi connectivity index (χ4n) is 1.79. The van der Waals surface area contributed by atoms with Crippen LogP contribution in [0.1, 0.15) is 18.2 Å². The molecule has 1 heterocycles. The monoisotopic (exact) mass is 258 g/mol. The summed E-state index contributed by atoms with van der Waals surface area (Å²) in [6.45, 7) is 2.10. The van der Waals surface area contributed by atoms with Gasteiger partial charge in [-0.15, -0.1) is 11.3 Å². The van der Waals surface area contributed by atoms with Crippen LogP contribution in [0.15, 0.2) is 23.6 Å². The van der Waals surface area contributed by atoms with Crippen molar-refractivity contribution in [1.29, 1.82) is 5.26 Å². The Morgan fingerprint density at radius 1 is 1.44 bits per heavy atom. The van der Waals surface area contributed by atoms with E-state index in [2.05, 4.69) is 24.0 Å². The first kappa shape index (κ1) is 12.6. The van der Waals surface area contributed by atoms with Gasteiger partial charge >= 0.3 is 0 Å². The summed E-state index contributed by atoms with van der Waals surface area (Å²) in [7, 11) is 1.68. The van der Waals surface area contributed by atoms with Gasteiger partial charge in [-0.1, -0.05) is 6.92 Å². The first-order valence-corrected chi connectivity index (χ1v) is 6.65. The average molecular weight is 258 g/mol. The minimum Gasteiger partial charge on any atom is -0.496 e. The normalized spacial score (nSPS) is 10.1. The van der Waals surface area contributed by atoms with Crippen LogP contribution in [-0.4, -0.2) is 12.1 Å². The van der Waals surface area contributed by atoms with E-state index in [0.29, 0.717) is 6.42 Å². The first-order chi connectivity index (χ1) is 8.78. The van der Waals surface area contributed by atoms with Gasteiger partial charge in [-0.05, 0) is 30.2 Å². The van der Waals surface area contributed by atoms with Gasteiger partial charge in [-0.25, -0.2) is 4.98 Å². The number of hydrogen-bond acceptors (Lipinski definition) is 4. The summed E-state index contributed by atoms with van der Waals surface area (Å²) in [4.78, 5) is 4.46. The summed E-state index contributed by atoms with van der Waals surface area (Å²) in [6, 6.07) is 8.20. The van der Waals surface area contributed by atoms with E-state index in [1.54, 1.807) is 18.4 Å². The largest absolute Gasteiger partial charge is 0.496 e. The third-order valence-corrected chi connectivity index (χ3v) is 3.66. The molecule has 1 aromatic heterocycles. The minimum atomic E-state index is 0.368. The van der Waals surface area contributed by atoms with E-state index in [0.717, 1.165) is 28.4 Å². The zero-order valence-electron chi connectivity index (χ0n) is 10.4. The lowest BCUT2D eigenvalue weighted by Gasteiger charge is -2.07. The zero-order valence-corrected chi connectivity index (χ0v) is 11.3. The highest BCUT2D eigenvalue weighted by atomic mass is 32.1. The number of aryl methyl sites for hydroxylation is 1. The van der Waals surface area contributed by atoms with Crippen molar-refractivity contribution in [3.8, 4) is 22.4 Å². The molecule has 2 rings (SSSR count). The average Bonchev–Trinajstić information content (AvgIpc) is 2.87. The fourth-order valence-corrected chi connectivity index (χ4v) is 2.61. The third-order valence-electron chi connectivity index (χ3n) is 2.72. The topological polar surface area (TPSA) is 45.9 Å². The molecule has 3 nitrogen and oxygen atoms in total. The Morgan fingerprint density at radius 3 is 2.94 bits per heavy atom. The van der Waals surface area contributed by atoms with E-state index in [1.165, 1.54) is 5.56 Å². The van der Waals surface area contributed by atoms with Crippen molar-refractivity contribution in [2.45, 2.75) is 19.8 Å². The quantitative estimate of drug-likeness (QED) is 0.843. The van der Waals surface area contributed by atoms with E-state index in [1.807, 2.05) is 17.5 Å². The molecule has 0 saturated carbocycles. The van der Waals surface area contributed by atoms with Gasteiger partial charge in [0.15, 0.2) is 0 Å². The maximum atomic E-state index is 8.65. The number of ether oxygens (including phenoxy) is 1. The van der Waals surface area contributed by atoms with Crippen molar-refractivity contribution >= 4 is 11.3 Å². The van der Waals surface area contributed by atoms with Gasteiger partial charge < -0.3 is 4.74 Å². The van der Waals surface area contributed by atoms with Gasteiger partial charge in [0.2, 0.25) is 0 Å². The molecule has 0 aliphatic rings. The Kier molecular flexibility index (Phi) is 3.96. The lowest BCUT2D eigenvalue weighted by Crippen LogP contribution is -1.91. The van der Waals surface area contributed by atoms with E-state index < -0.39 is 0 Å². The highest BCUT2D eigenvalue weighted by molar-refractivity contribution is 7.13. The van der Waals surface area contributed by atoms with Crippen molar-refractivity contribution in [1.82, 2.24) is 4.98 Å². The maximum Gasteiger partial charge on any atom is 0.123 e. The Bertz CT molecular complexity index is 584. The maximum absolute atomic E-state index is 8.65. The molecule has 0 fully saturated rings. The van der Waals surface area contributed by atoms with Crippen molar-refractivity contribution in [2.75, 3.05) is 7.11 Å². The molecule has 2 aromatic rings. The molecule has 0 spiro atoms. The molecule has 0 saturated heterocycles. The first-order valence-electron chi connectivity index (χ1n) is 5.77. The number of rotatable bonds is 4. The molecule has 0 amide bonds. The molecule has 0 N–H and O–H groups in total. The van der Waals surface area contributed by atoms with E-state index in [-0.39, 0.29) is 0 Å². The number of nitrogens with zero attached hydrogens (tertiary/aromatic N) is 2. The number of nitriles is 1. The standard InChI is InChI=1S/C14H14N2OS/c1-3-10-8-11(4-5-13(10)17-2)14-16-12(6-7-15)9-18-14/h4-5,8-9H,3,6H2,1-2H3. The SMILES string of the molecule is CCc1cc(-c2nc(CC#N)cs2)ccc1OC. The van der Waals surface area contributed by atoms with Crippen LogP contribution in [0.3, 0.4) is 0 Å². The Hall–Kier alpha value is -1.86. The lowest BCUT2D eigenvalue weighted by atomic mass is 10.1. The van der Waals surface area contributed by atoms with Crippen LogP contribution in [0.25, 0.3) is 10.6 Å². The fraction of sp³-hybridized carbons (Fsp3) is 0.286. The van der Waals surface area contributed by atoms with Gasteiger partial charge in [0.25, 0.3) is 0 Å². The summed E-state index contributed by atoms with van der Waals surface area (Å²) < 4.78 is 5.31. The van der Waals surface area contributed by atoms with Crippen molar-refractivity contribution in [3.05, 3.63) is 34.8 Å². The summed E-state index contributed by atoms with van der Waals surface area (Å²) >= 11 is 1.57. The second-order valence-electron chi connectivity index (χ2n) is 3.86. The van der Waals surface area contributed by atoms with Crippen LogP contribution < -0.4 is 4.74 Å². The van der Waals surface area contributed by atoms with Crippen LogP contribution in [-0.2, 0) is 12.8 Å². The van der Waals surface area contributed by atoms with Crippen LogP contribution in [0.5, 0.6) is 5.75 Å². The summed E-state index contributed by atoms with van der Waals surface area (Å²) in [5, 5.41) is 11.5. The van der Waals surface area contributed by atoms with Crippen LogP contribution in [0.2, 0.25) is 0 Å². The van der Waals surface area contributed by atoms with Gasteiger partial charge in [0.05, 0.1) is 25.3 Å². The Morgan fingerprint density at radius 2 is 2.28 bits per heavy atom. The molecular weight excluding hydrogens is 244 g/mol. The zero-order chi connectivity index (χ0) is 13.0.